The summed E-state index contributed by atoms with van der Waals surface area (Å²) in [4.78, 5) is 0. The van der Waals surface area contributed by atoms with Crippen molar-refractivity contribution in [2.75, 3.05) is 0 Å². The van der Waals surface area contributed by atoms with Crippen molar-refractivity contribution >= 4 is 0 Å². The van der Waals surface area contributed by atoms with E-state index in [1.54, 1.807) is 0 Å². The summed E-state index contributed by atoms with van der Waals surface area (Å²) in [5.74, 6) is 0. The molecule has 0 amide bonds. The van der Waals surface area contributed by atoms with Crippen LogP contribution in [0, 0.1) is 12.1 Å². The molecule has 1 aliphatic carbocycles. The summed E-state index contributed by atoms with van der Waals surface area (Å²) in [6.45, 7) is 7.95. The Kier molecular flexibility index (Phi) is 3.31. The first-order valence-corrected chi connectivity index (χ1v) is 7.02. The van der Waals surface area contributed by atoms with Crippen LogP contribution in [0.2, 0.25) is 0 Å². The quantitative estimate of drug-likeness (QED) is 0.701. The van der Waals surface area contributed by atoms with Crippen LogP contribution in [0.15, 0.2) is 61.7 Å². The zero-order chi connectivity index (χ0) is 14.0. The molecule has 0 aliphatic heterocycles. The highest BCUT2D eigenvalue weighted by Crippen LogP contribution is 2.46. The molecule has 0 aromatic heterocycles. The van der Waals surface area contributed by atoms with Crippen molar-refractivity contribution in [3.05, 3.63) is 96.1 Å². The average Bonchev–Trinajstić information content (AvgIpc) is 2.48. The molecule has 0 saturated carbocycles. The second kappa shape index (κ2) is 5.13. The van der Waals surface area contributed by atoms with Gasteiger partial charge in [0.1, 0.15) is 0 Å². The fourth-order valence-corrected chi connectivity index (χ4v) is 3.51. The number of fused-ring (bicyclic) bond motifs is 2. The smallest absolute Gasteiger partial charge is 0.0277 e. The minimum Gasteiger partial charge on any atom is -0.103 e. The average molecular weight is 258 g/mol. The number of allylic oxidation sites excluding steroid dienone is 2. The topological polar surface area (TPSA) is 0 Å². The largest absolute Gasteiger partial charge is 0.103 e. The van der Waals surface area contributed by atoms with Crippen LogP contribution in [-0.2, 0) is 11.8 Å². The first-order chi connectivity index (χ1) is 9.81. The van der Waals surface area contributed by atoms with E-state index in [1.807, 2.05) is 24.3 Å². The van der Waals surface area contributed by atoms with Crippen LogP contribution in [0.25, 0.3) is 0 Å². The predicted molar refractivity (Wildman–Crippen MR) is 83.8 cm³/mol. The van der Waals surface area contributed by atoms with Crippen LogP contribution in [-0.4, -0.2) is 0 Å². The van der Waals surface area contributed by atoms with E-state index in [2.05, 4.69) is 49.6 Å². The lowest BCUT2D eigenvalue weighted by molar-refractivity contribution is 0.509. The van der Waals surface area contributed by atoms with Gasteiger partial charge in [-0.15, -0.1) is 13.2 Å². The van der Waals surface area contributed by atoms with Gasteiger partial charge in [-0.3, -0.25) is 0 Å². The molecule has 0 heterocycles. The van der Waals surface area contributed by atoms with Crippen LogP contribution >= 0.6 is 0 Å². The number of hydrogen-bond donors (Lipinski definition) is 0. The van der Waals surface area contributed by atoms with Gasteiger partial charge in [-0.1, -0.05) is 42.5 Å². The molecule has 2 aromatic rings. The van der Waals surface area contributed by atoms with E-state index in [0.717, 1.165) is 19.3 Å². The Labute approximate surface area is 121 Å². The SMILES string of the molecule is C=CCC1(CC=C)c2c[c]ccc2Cc2c[c]ccc21. The summed E-state index contributed by atoms with van der Waals surface area (Å²) in [6, 6.07) is 19.1. The summed E-state index contributed by atoms with van der Waals surface area (Å²) in [5.41, 5.74) is 5.48. The lowest BCUT2D eigenvalue weighted by atomic mass is 9.63. The van der Waals surface area contributed by atoms with E-state index in [1.165, 1.54) is 22.3 Å². The van der Waals surface area contributed by atoms with Crippen molar-refractivity contribution in [1.82, 2.24) is 0 Å². The van der Waals surface area contributed by atoms with Gasteiger partial charge in [0.2, 0.25) is 0 Å². The van der Waals surface area contributed by atoms with E-state index in [4.69, 9.17) is 0 Å². The van der Waals surface area contributed by atoms with Crippen LogP contribution in [0.4, 0.5) is 0 Å². The maximum absolute atomic E-state index is 3.98. The molecule has 0 nitrogen and oxygen atoms in total. The fourth-order valence-electron chi connectivity index (χ4n) is 3.51. The van der Waals surface area contributed by atoms with Gasteiger partial charge in [0, 0.05) is 5.41 Å². The molecule has 0 heteroatoms. The van der Waals surface area contributed by atoms with E-state index in [0.29, 0.717) is 0 Å². The van der Waals surface area contributed by atoms with E-state index >= 15 is 0 Å². The predicted octanol–water partition coefficient (Wildman–Crippen LogP) is 4.63. The third kappa shape index (κ3) is 1.84. The third-order valence-corrected chi connectivity index (χ3v) is 4.30. The minimum atomic E-state index is -0.0424. The van der Waals surface area contributed by atoms with Crippen molar-refractivity contribution < 1.29 is 0 Å². The molecular formula is C20H18. The van der Waals surface area contributed by atoms with E-state index in [9.17, 15) is 0 Å². The van der Waals surface area contributed by atoms with Gasteiger partial charge in [-0.05, 0) is 59.7 Å². The van der Waals surface area contributed by atoms with Gasteiger partial charge in [-0.2, -0.15) is 0 Å². The van der Waals surface area contributed by atoms with Crippen molar-refractivity contribution in [2.24, 2.45) is 0 Å². The summed E-state index contributed by atoms with van der Waals surface area (Å²) in [7, 11) is 0. The van der Waals surface area contributed by atoms with Gasteiger partial charge in [0.05, 0.1) is 0 Å². The lowest BCUT2D eigenvalue weighted by Crippen LogP contribution is -2.32. The lowest BCUT2D eigenvalue weighted by Gasteiger charge is -2.40. The zero-order valence-electron chi connectivity index (χ0n) is 11.7. The molecule has 1 aliphatic rings. The van der Waals surface area contributed by atoms with Gasteiger partial charge in [0.15, 0.2) is 0 Å². The van der Waals surface area contributed by atoms with Crippen molar-refractivity contribution in [3.63, 3.8) is 0 Å². The van der Waals surface area contributed by atoms with E-state index in [-0.39, 0.29) is 5.41 Å². The summed E-state index contributed by atoms with van der Waals surface area (Å²) < 4.78 is 0. The molecule has 0 unspecified atom stereocenters. The highest BCUT2D eigenvalue weighted by atomic mass is 14.4. The fraction of sp³-hybridized carbons (Fsp3) is 0.200. The Hall–Kier alpha value is -2.08. The molecule has 20 heavy (non-hydrogen) atoms. The second-order valence-electron chi connectivity index (χ2n) is 5.41. The summed E-state index contributed by atoms with van der Waals surface area (Å²) >= 11 is 0. The number of hydrogen-bond acceptors (Lipinski definition) is 0. The van der Waals surface area contributed by atoms with Gasteiger partial charge >= 0.3 is 0 Å². The monoisotopic (exact) mass is 258 g/mol. The van der Waals surface area contributed by atoms with Gasteiger partial charge in [0.25, 0.3) is 0 Å². The summed E-state index contributed by atoms with van der Waals surface area (Å²) in [6.07, 6.45) is 6.85. The normalized spacial score (nSPS) is 15.0. The third-order valence-electron chi connectivity index (χ3n) is 4.30. The molecule has 2 radical (unpaired) electrons. The van der Waals surface area contributed by atoms with Crippen LogP contribution in [0.5, 0.6) is 0 Å². The van der Waals surface area contributed by atoms with Crippen LogP contribution in [0.1, 0.15) is 35.1 Å². The van der Waals surface area contributed by atoms with Crippen molar-refractivity contribution in [3.8, 4) is 0 Å². The Morgan fingerprint density at radius 2 is 1.65 bits per heavy atom. The zero-order valence-corrected chi connectivity index (χ0v) is 11.7. The Bertz CT molecular complexity index is 591. The molecule has 0 spiro atoms. The molecule has 2 aromatic carbocycles. The highest BCUT2D eigenvalue weighted by Gasteiger charge is 2.38. The maximum Gasteiger partial charge on any atom is 0.0277 e. The molecular weight excluding hydrogens is 240 g/mol. The number of benzene rings is 2. The molecule has 0 saturated heterocycles. The first-order valence-electron chi connectivity index (χ1n) is 7.02. The van der Waals surface area contributed by atoms with Crippen LogP contribution < -0.4 is 0 Å². The van der Waals surface area contributed by atoms with E-state index < -0.39 is 0 Å². The number of rotatable bonds is 4. The second-order valence-corrected chi connectivity index (χ2v) is 5.41. The standard InChI is InChI=1S/C20H18/c1-3-13-20(14-4-2)18-11-7-5-9-16(18)15-17-10-6-8-12-19(17)20/h3-5,8-12H,1-2,13-15H2. The Morgan fingerprint density at radius 3 is 2.40 bits per heavy atom. The Balaban J connectivity index is 2.30. The summed E-state index contributed by atoms with van der Waals surface area (Å²) in [5, 5.41) is 0. The molecule has 0 bridgehead atoms. The minimum absolute atomic E-state index is 0.0424. The van der Waals surface area contributed by atoms with Gasteiger partial charge in [-0.25, -0.2) is 0 Å². The molecule has 0 fully saturated rings. The maximum atomic E-state index is 3.98. The molecule has 0 atom stereocenters. The molecule has 98 valence electrons. The highest BCUT2D eigenvalue weighted by molar-refractivity contribution is 5.54. The Morgan fingerprint density at radius 1 is 0.950 bits per heavy atom. The molecule has 3 rings (SSSR count). The van der Waals surface area contributed by atoms with Crippen molar-refractivity contribution in [2.45, 2.75) is 24.7 Å². The first kappa shape index (κ1) is 12.9. The molecule has 0 N–H and O–H groups in total. The van der Waals surface area contributed by atoms with Crippen LogP contribution in [0.3, 0.4) is 0 Å². The van der Waals surface area contributed by atoms with Gasteiger partial charge < -0.3 is 0 Å². The van der Waals surface area contributed by atoms with Crippen molar-refractivity contribution in [1.29, 1.82) is 0 Å².